The minimum Gasteiger partial charge on any atom is -0.491 e. The van der Waals surface area contributed by atoms with Crippen molar-refractivity contribution in [2.45, 2.75) is 46.3 Å². The Morgan fingerprint density at radius 1 is 1.20 bits per heavy atom. The second-order valence-corrected chi connectivity index (χ2v) is 7.63. The van der Waals surface area contributed by atoms with E-state index in [1.54, 1.807) is 0 Å². The van der Waals surface area contributed by atoms with Crippen molar-refractivity contribution in [3.8, 4) is 5.75 Å². The summed E-state index contributed by atoms with van der Waals surface area (Å²) in [4.78, 5) is 16.1. The lowest BCUT2D eigenvalue weighted by Gasteiger charge is -2.18. The number of aromatic nitrogens is 1. The third-order valence-electron chi connectivity index (χ3n) is 2.83. The number of carbonyl (C=O) groups is 1. The largest absolute Gasteiger partial charge is 0.491 e. The van der Waals surface area contributed by atoms with Gasteiger partial charge in [0.15, 0.2) is 5.13 Å². The number of carbonyl (C=O) groups excluding carboxylic acids is 1. The minimum absolute atomic E-state index is 0.160. The van der Waals surface area contributed by atoms with E-state index in [1.807, 2.05) is 76.4 Å². The zero-order valence-electron chi connectivity index (χ0n) is 15.2. The van der Waals surface area contributed by atoms with Crippen LogP contribution in [0.15, 0.2) is 29.6 Å². The molecule has 0 bridgehead atoms. The van der Waals surface area contributed by atoms with E-state index in [4.69, 9.17) is 9.47 Å². The summed E-state index contributed by atoms with van der Waals surface area (Å²) in [5, 5.41) is 5.02. The van der Waals surface area contributed by atoms with Gasteiger partial charge in [-0.15, -0.1) is 11.3 Å². The summed E-state index contributed by atoms with van der Waals surface area (Å²) in [5.41, 5.74) is 1.29. The third-order valence-corrected chi connectivity index (χ3v) is 3.60. The molecule has 0 unspecified atom stereocenters. The van der Waals surface area contributed by atoms with Gasteiger partial charge in [0.25, 0.3) is 0 Å². The highest BCUT2D eigenvalue weighted by atomic mass is 32.1. The average molecular weight is 360 g/mol. The molecule has 134 valence electrons. The van der Waals surface area contributed by atoms with Crippen molar-refractivity contribution in [3.63, 3.8) is 0 Å². The second-order valence-electron chi connectivity index (χ2n) is 6.77. The summed E-state index contributed by atoms with van der Waals surface area (Å²) >= 11 is 1.35. The lowest BCUT2D eigenvalue weighted by molar-refractivity contribution is 0.0636. The average Bonchev–Trinajstić information content (AvgIpc) is 2.91. The second kappa shape index (κ2) is 8.16. The van der Waals surface area contributed by atoms with Crippen molar-refractivity contribution in [2.75, 3.05) is 5.32 Å². The molecule has 0 atom stereocenters. The quantitative estimate of drug-likeness (QED) is 0.770. The van der Waals surface area contributed by atoms with Gasteiger partial charge in [-0.3, -0.25) is 5.32 Å². The number of amides is 1. The molecule has 1 N–H and O–H groups in total. The molecule has 0 radical (unpaired) electrons. The topological polar surface area (TPSA) is 60.5 Å². The molecule has 0 aliphatic heterocycles. The Balaban J connectivity index is 1.94. The summed E-state index contributed by atoms with van der Waals surface area (Å²) in [7, 11) is 0. The highest BCUT2D eigenvalue weighted by Gasteiger charge is 2.17. The molecule has 1 heterocycles. The predicted molar refractivity (Wildman–Crippen MR) is 103 cm³/mol. The van der Waals surface area contributed by atoms with Crippen LogP contribution in [0.1, 0.15) is 45.9 Å². The van der Waals surface area contributed by atoms with E-state index < -0.39 is 11.7 Å². The molecule has 0 spiro atoms. The molecule has 0 saturated carbocycles. The van der Waals surface area contributed by atoms with Crippen LogP contribution in [-0.2, 0) is 4.74 Å². The number of thiazole rings is 1. The van der Waals surface area contributed by atoms with Crippen LogP contribution in [0, 0.1) is 0 Å². The van der Waals surface area contributed by atoms with Crippen LogP contribution in [0.5, 0.6) is 5.75 Å². The maximum Gasteiger partial charge on any atom is 0.413 e. The number of rotatable bonds is 5. The number of nitrogens with one attached hydrogen (secondary N) is 1. The van der Waals surface area contributed by atoms with Crippen LogP contribution in [0.4, 0.5) is 9.93 Å². The molecule has 6 heteroatoms. The van der Waals surface area contributed by atoms with Crippen LogP contribution >= 0.6 is 11.3 Å². The van der Waals surface area contributed by atoms with Gasteiger partial charge in [-0.25, -0.2) is 9.78 Å². The smallest absolute Gasteiger partial charge is 0.413 e. The van der Waals surface area contributed by atoms with E-state index in [1.165, 1.54) is 11.3 Å². The highest BCUT2D eigenvalue weighted by molar-refractivity contribution is 7.14. The van der Waals surface area contributed by atoms with Gasteiger partial charge in [0.2, 0.25) is 0 Å². The maximum absolute atomic E-state index is 11.7. The van der Waals surface area contributed by atoms with E-state index in [0.717, 1.165) is 17.0 Å². The Labute approximate surface area is 152 Å². The zero-order valence-corrected chi connectivity index (χ0v) is 16.0. The fourth-order valence-corrected chi connectivity index (χ4v) is 2.59. The number of anilines is 1. The molecule has 5 nitrogen and oxygen atoms in total. The van der Waals surface area contributed by atoms with Gasteiger partial charge in [-0.1, -0.05) is 18.2 Å². The van der Waals surface area contributed by atoms with Crippen LogP contribution in [0.25, 0.3) is 12.2 Å². The molecule has 0 aliphatic carbocycles. The predicted octanol–water partition coefficient (Wildman–Crippen LogP) is 5.45. The number of nitrogens with zero attached hydrogens (tertiary/aromatic N) is 1. The monoisotopic (exact) mass is 360 g/mol. The Morgan fingerprint density at radius 3 is 2.48 bits per heavy atom. The Hall–Kier alpha value is -2.34. The summed E-state index contributed by atoms with van der Waals surface area (Å²) in [6.07, 6.45) is 3.52. The van der Waals surface area contributed by atoms with Gasteiger partial charge >= 0.3 is 6.09 Å². The molecule has 0 fully saturated rings. The van der Waals surface area contributed by atoms with Crippen LogP contribution in [0.2, 0.25) is 0 Å². The van der Waals surface area contributed by atoms with Crippen molar-refractivity contribution in [2.24, 2.45) is 0 Å². The first-order valence-electron chi connectivity index (χ1n) is 8.11. The molecule has 1 aromatic heterocycles. The van der Waals surface area contributed by atoms with Gasteiger partial charge in [0, 0.05) is 5.38 Å². The van der Waals surface area contributed by atoms with E-state index in [9.17, 15) is 4.79 Å². The molecule has 1 aromatic carbocycles. The third kappa shape index (κ3) is 6.97. The summed E-state index contributed by atoms with van der Waals surface area (Å²) in [6, 6.07) is 7.85. The van der Waals surface area contributed by atoms with E-state index in [2.05, 4.69) is 10.3 Å². The molecular weight excluding hydrogens is 336 g/mol. The van der Waals surface area contributed by atoms with Crippen molar-refractivity contribution in [1.82, 2.24) is 4.98 Å². The van der Waals surface area contributed by atoms with Gasteiger partial charge in [0.05, 0.1) is 11.8 Å². The number of hydrogen-bond acceptors (Lipinski definition) is 5. The van der Waals surface area contributed by atoms with Gasteiger partial charge in [-0.05, 0) is 58.4 Å². The molecular formula is C19H24N2O3S. The number of ether oxygens (including phenoxy) is 2. The first-order valence-corrected chi connectivity index (χ1v) is 8.99. The summed E-state index contributed by atoms with van der Waals surface area (Å²) in [6.45, 7) is 9.46. The van der Waals surface area contributed by atoms with E-state index >= 15 is 0 Å². The van der Waals surface area contributed by atoms with Gasteiger partial charge in [-0.2, -0.15) is 0 Å². The lowest BCUT2D eigenvalue weighted by Crippen LogP contribution is -2.27. The summed E-state index contributed by atoms with van der Waals surface area (Å²) in [5.74, 6) is 0.852. The van der Waals surface area contributed by atoms with Crippen LogP contribution in [-0.4, -0.2) is 22.8 Å². The Kier molecular flexibility index (Phi) is 6.20. The zero-order chi connectivity index (χ0) is 18.4. The molecule has 2 aromatic rings. The highest BCUT2D eigenvalue weighted by Crippen LogP contribution is 2.20. The van der Waals surface area contributed by atoms with Crippen LogP contribution in [0.3, 0.4) is 0 Å². The minimum atomic E-state index is -0.532. The molecule has 0 saturated heterocycles. The Morgan fingerprint density at radius 2 is 1.88 bits per heavy atom. The molecule has 0 aliphatic rings. The normalized spacial score (nSPS) is 11.8. The van der Waals surface area contributed by atoms with Crippen molar-refractivity contribution >= 4 is 34.7 Å². The van der Waals surface area contributed by atoms with Crippen molar-refractivity contribution in [3.05, 3.63) is 40.9 Å². The van der Waals surface area contributed by atoms with Crippen molar-refractivity contribution in [1.29, 1.82) is 0 Å². The first-order chi connectivity index (χ1) is 11.7. The molecule has 2 rings (SSSR count). The lowest BCUT2D eigenvalue weighted by atomic mass is 10.2. The van der Waals surface area contributed by atoms with Crippen LogP contribution < -0.4 is 10.1 Å². The van der Waals surface area contributed by atoms with Gasteiger partial charge in [0.1, 0.15) is 11.4 Å². The number of hydrogen-bond donors (Lipinski definition) is 1. The number of benzene rings is 1. The fraction of sp³-hybridized carbons (Fsp3) is 0.368. The SMILES string of the molecule is CC(C)Oc1ccc(C=Cc2csc(NC(=O)OC(C)(C)C)n2)cc1. The summed E-state index contributed by atoms with van der Waals surface area (Å²) < 4.78 is 10.8. The van der Waals surface area contributed by atoms with E-state index in [-0.39, 0.29) is 6.10 Å². The first kappa shape index (κ1) is 19.0. The van der Waals surface area contributed by atoms with E-state index in [0.29, 0.717) is 5.13 Å². The van der Waals surface area contributed by atoms with Gasteiger partial charge < -0.3 is 9.47 Å². The fourth-order valence-electron chi connectivity index (χ4n) is 1.92. The standard InChI is InChI=1S/C19H24N2O3S/c1-13(2)23-16-10-7-14(8-11-16)6-9-15-12-25-17(20-15)21-18(22)24-19(3,4)5/h6-13H,1-5H3,(H,20,21,22). The van der Waals surface area contributed by atoms with Crippen molar-refractivity contribution < 1.29 is 14.3 Å². The maximum atomic E-state index is 11.7. The Bertz CT molecular complexity index is 728. The molecule has 1 amide bonds. The molecule has 25 heavy (non-hydrogen) atoms.